The van der Waals surface area contributed by atoms with Gasteiger partial charge in [0.1, 0.15) is 18.2 Å². The number of hydrogen-bond acceptors (Lipinski definition) is 5. The van der Waals surface area contributed by atoms with E-state index in [4.69, 9.17) is 5.73 Å². The van der Waals surface area contributed by atoms with Gasteiger partial charge in [0.2, 0.25) is 5.95 Å². The zero-order valence-corrected chi connectivity index (χ0v) is 11.3. The minimum atomic E-state index is -0.310. The lowest BCUT2D eigenvalue weighted by molar-refractivity contribution is 0.794. The third-order valence-electron chi connectivity index (χ3n) is 2.94. The fourth-order valence-electron chi connectivity index (χ4n) is 2.01. The van der Waals surface area contributed by atoms with E-state index in [1.807, 2.05) is 24.3 Å². The van der Waals surface area contributed by atoms with Gasteiger partial charge in [0.15, 0.2) is 0 Å². The second kappa shape index (κ2) is 4.40. The van der Waals surface area contributed by atoms with Crippen LogP contribution in [-0.2, 0) is 0 Å². The Hall–Kier alpha value is -2.33. The van der Waals surface area contributed by atoms with Crippen LogP contribution in [0.3, 0.4) is 0 Å². The lowest BCUT2D eigenvalue weighted by Gasteiger charge is -2.25. The van der Waals surface area contributed by atoms with Crippen LogP contribution in [0.15, 0.2) is 40.6 Å². The van der Waals surface area contributed by atoms with E-state index in [0.29, 0.717) is 17.3 Å². The second-order valence-electron chi connectivity index (χ2n) is 4.04. The molecule has 1 atom stereocenters. The molecule has 0 radical (unpaired) electrons. The molecular weight excluding hydrogens is 308 g/mol. The highest BCUT2D eigenvalue weighted by Gasteiger charge is 2.28. The maximum atomic E-state index is 9.31. The molecule has 3 rings (SSSR count). The molecule has 3 N–H and O–H groups in total. The molecule has 7 heteroatoms. The molecule has 2 heterocycles. The molecule has 0 fully saturated rings. The van der Waals surface area contributed by atoms with Gasteiger partial charge in [-0.05, 0) is 17.7 Å². The summed E-state index contributed by atoms with van der Waals surface area (Å²) in [6.07, 6.45) is 1.40. The molecule has 6 nitrogen and oxygen atoms in total. The van der Waals surface area contributed by atoms with Crippen LogP contribution in [0.25, 0.3) is 5.82 Å². The summed E-state index contributed by atoms with van der Waals surface area (Å²) in [5.41, 5.74) is 7.34. The molecule has 0 saturated heterocycles. The standard InChI is InChI=1S/C12H9BrN6/c13-8-3-1-7(2-4-8)10-9(5-14)11(15)19-12(18-10)16-6-17-19/h1-4,6,10H,15H2,(H,16,17,18). The minimum absolute atomic E-state index is 0.307. The Morgan fingerprint density at radius 1 is 1.37 bits per heavy atom. The van der Waals surface area contributed by atoms with Crippen LogP contribution in [0, 0.1) is 11.3 Å². The van der Waals surface area contributed by atoms with Gasteiger partial charge in [-0.25, -0.2) is 0 Å². The Kier molecular flexibility index (Phi) is 2.72. The smallest absolute Gasteiger partial charge is 0.228 e. The van der Waals surface area contributed by atoms with E-state index in [0.717, 1.165) is 10.0 Å². The number of rotatable bonds is 1. The van der Waals surface area contributed by atoms with E-state index in [2.05, 4.69) is 37.4 Å². The van der Waals surface area contributed by atoms with Crippen molar-refractivity contribution in [3.63, 3.8) is 0 Å². The van der Waals surface area contributed by atoms with Gasteiger partial charge >= 0.3 is 0 Å². The molecule has 94 valence electrons. The summed E-state index contributed by atoms with van der Waals surface area (Å²) in [5, 5.41) is 16.4. The first-order chi connectivity index (χ1) is 9.20. The molecule has 1 unspecified atom stereocenters. The first-order valence-corrected chi connectivity index (χ1v) is 6.32. The van der Waals surface area contributed by atoms with Gasteiger partial charge < -0.3 is 11.1 Å². The Balaban J connectivity index is 2.11. The summed E-state index contributed by atoms with van der Waals surface area (Å²) in [4.78, 5) is 4.08. The van der Waals surface area contributed by atoms with E-state index >= 15 is 0 Å². The van der Waals surface area contributed by atoms with Crippen molar-refractivity contribution in [1.29, 1.82) is 5.26 Å². The van der Waals surface area contributed by atoms with Crippen LogP contribution >= 0.6 is 15.9 Å². The number of nitrogens with two attached hydrogens (primary N) is 1. The van der Waals surface area contributed by atoms with Crippen molar-refractivity contribution in [2.24, 2.45) is 5.73 Å². The fourth-order valence-corrected chi connectivity index (χ4v) is 2.27. The summed E-state index contributed by atoms with van der Waals surface area (Å²) in [6.45, 7) is 0. The van der Waals surface area contributed by atoms with Crippen molar-refractivity contribution < 1.29 is 0 Å². The molecule has 19 heavy (non-hydrogen) atoms. The Morgan fingerprint density at radius 2 is 2.11 bits per heavy atom. The van der Waals surface area contributed by atoms with Gasteiger partial charge in [0, 0.05) is 4.47 Å². The predicted molar refractivity (Wildman–Crippen MR) is 73.5 cm³/mol. The van der Waals surface area contributed by atoms with Crippen molar-refractivity contribution >= 4 is 27.7 Å². The highest BCUT2D eigenvalue weighted by atomic mass is 79.9. The molecule has 0 aliphatic carbocycles. The van der Waals surface area contributed by atoms with E-state index in [1.54, 1.807) is 0 Å². The number of nitrogens with one attached hydrogen (secondary N) is 1. The molecule has 0 saturated carbocycles. The van der Waals surface area contributed by atoms with Gasteiger partial charge in [-0.1, -0.05) is 28.1 Å². The predicted octanol–water partition coefficient (Wildman–Crippen LogP) is 1.86. The van der Waals surface area contributed by atoms with Crippen LogP contribution < -0.4 is 11.1 Å². The van der Waals surface area contributed by atoms with Crippen LogP contribution in [0.5, 0.6) is 0 Å². The largest absolute Gasteiger partial charge is 0.383 e. The Labute approximate surface area is 117 Å². The van der Waals surface area contributed by atoms with E-state index in [-0.39, 0.29) is 6.04 Å². The van der Waals surface area contributed by atoms with Crippen molar-refractivity contribution in [3.05, 3.63) is 46.2 Å². The van der Waals surface area contributed by atoms with E-state index < -0.39 is 0 Å². The number of nitriles is 1. The normalized spacial score (nSPS) is 17.6. The van der Waals surface area contributed by atoms with Gasteiger partial charge in [0.25, 0.3) is 0 Å². The zero-order chi connectivity index (χ0) is 13.4. The molecule has 1 aromatic carbocycles. The van der Waals surface area contributed by atoms with Crippen molar-refractivity contribution in [2.75, 3.05) is 5.32 Å². The zero-order valence-electron chi connectivity index (χ0n) is 9.71. The number of aromatic nitrogens is 3. The number of halogens is 1. The van der Waals surface area contributed by atoms with Crippen LogP contribution in [0.1, 0.15) is 11.6 Å². The first kappa shape index (κ1) is 11.7. The summed E-state index contributed by atoms with van der Waals surface area (Å²) in [7, 11) is 0. The van der Waals surface area contributed by atoms with Crippen molar-refractivity contribution in [3.8, 4) is 6.07 Å². The van der Waals surface area contributed by atoms with Gasteiger partial charge in [0.05, 0.1) is 11.6 Å². The number of benzene rings is 1. The monoisotopic (exact) mass is 316 g/mol. The van der Waals surface area contributed by atoms with Crippen molar-refractivity contribution in [2.45, 2.75) is 6.04 Å². The average Bonchev–Trinajstić information content (AvgIpc) is 2.88. The fraction of sp³-hybridized carbons (Fsp3) is 0.0833. The Morgan fingerprint density at radius 3 is 2.79 bits per heavy atom. The SMILES string of the molecule is N#CC1=C(N)n2ncnc2NC1c1ccc(Br)cc1. The summed E-state index contributed by atoms with van der Waals surface area (Å²) in [5.74, 6) is 0.839. The maximum absolute atomic E-state index is 9.31. The summed E-state index contributed by atoms with van der Waals surface area (Å²) >= 11 is 3.38. The van der Waals surface area contributed by atoms with Gasteiger partial charge in [-0.15, -0.1) is 0 Å². The molecule has 2 aromatic rings. The summed E-state index contributed by atoms with van der Waals surface area (Å²) in [6, 6.07) is 9.52. The summed E-state index contributed by atoms with van der Waals surface area (Å²) < 4.78 is 2.40. The molecule has 1 aliphatic rings. The molecule has 1 aromatic heterocycles. The number of anilines is 1. The van der Waals surface area contributed by atoms with Crippen LogP contribution in [0.2, 0.25) is 0 Å². The van der Waals surface area contributed by atoms with Gasteiger partial charge in [-0.3, -0.25) is 0 Å². The van der Waals surface area contributed by atoms with Gasteiger partial charge in [-0.2, -0.15) is 20.0 Å². The Bertz CT molecular complexity index is 694. The molecular formula is C12H9BrN6. The van der Waals surface area contributed by atoms with Crippen molar-refractivity contribution in [1.82, 2.24) is 14.8 Å². The lowest BCUT2D eigenvalue weighted by atomic mass is 9.98. The van der Waals surface area contributed by atoms with E-state index in [9.17, 15) is 5.26 Å². The number of hydrogen-bond donors (Lipinski definition) is 2. The van der Waals surface area contributed by atoms with Crippen LogP contribution in [0.4, 0.5) is 5.95 Å². The lowest BCUT2D eigenvalue weighted by Crippen LogP contribution is -2.27. The quantitative estimate of drug-likeness (QED) is 0.837. The third kappa shape index (κ3) is 1.86. The molecule has 0 bridgehead atoms. The number of fused-ring (bicyclic) bond motifs is 1. The second-order valence-corrected chi connectivity index (χ2v) is 4.95. The highest BCUT2D eigenvalue weighted by Crippen LogP contribution is 2.32. The van der Waals surface area contributed by atoms with E-state index in [1.165, 1.54) is 11.0 Å². The third-order valence-corrected chi connectivity index (χ3v) is 3.47. The van der Waals surface area contributed by atoms with Crippen LogP contribution in [-0.4, -0.2) is 14.8 Å². The first-order valence-electron chi connectivity index (χ1n) is 5.53. The molecule has 1 aliphatic heterocycles. The molecule has 0 amide bonds. The number of nitrogens with zero attached hydrogens (tertiary/aromatic N) is 4. The maximum Gasteiger partial charge on any atom is 0.228 e. The topological polar surface area (TPSA) is 92.5 Å². The highest BCUT2D eigenvalue weighted by molar-refractivity contribution is 9.10. The minimum Gasteiger partial charge on any atom is -0.383 e. The molecule has 0 spiro atoms. The average molecular weight is 317 g/mol.